The maximum Gasteiger partial charge on any atom is 0.328 e. The Hall–Kier alpha value is -3.77. The molecule has 2 heterocycles. The molecule has 306 valence electrons. The predicted molar refractivity (Wildman–Crippen MR) is 192 cm³/mol. The van der Waals surface area contributed by atoms with E-state index >= 15 is 0 Å². The second-order valence-corrected chi connectivity index (χ2v) is 11.8. The van der Waals surface area contributed by atoms with E-state index in [2.05, 4.69) is 78.9 Å². The Balaban J connectivity index is -0.000000358. The van der Waals surface area contributed by atoms with Crippen LogP contribution in [0.15, 0.2) is 30.3 Å². The van der Waals surface area contributed by atoms with Crippen molar-refractivity contribution >= 4 is 64.7 Å². The van der Waals surface area contributed by atoms with Gasteiger partial charge in [-0.2, -0.15) is 13.0 Å². The fourth-order valence-corrected chi connectivity index (χ4v) is 5.21. The van der Waals surface area contributed by atoms with Gasteiger partial charge in [0.05, 0.1) is 32.2 Å². The second-order valence-electron chi connectivity index (χ2n) is 11.8. The van der Waals surface area contributed by atoms with Crippen molar-refractivity contribution in [2.24, 2.45) is 11.3 Å². The van der Waals surface area contributed by atoms with Gasteiger partial charge in [-0.25, -0.2) is 10.4 Å². The van der Waals surface area contributed by atoms with Gasteiger partial charge in [-0.15, -0.1) is 30.7 Å². The van der Waals surface area contributed by atoms with Crippen LogP contribution in [0.5, 0.6) is 0 Å². The smallest absolute Gasteiger partial charge is 0.328 e. The van der Waals surface area contributed by atoms with E-state index in [9.17, 15) is 14.4 Å². The van der Waals surface area contributed by atoms with Crippen LogP contribution in [0.1, 0.15) is 84.3 Å². The molecule has 1 amide bonds. The van der Waals surface area contributed by atoms with Gasteiger partial charge in [-0.05, 0) is 31.1 Å². The third-order valence-electron chi connectivity index (χ3n) is 7.85. The summed E-state index contributed by atoms with van der Waals surface area (Å²) in [5.74, 6) is 0.522. The van der Waals surface area contributed by atoms with Crippen LogP contribution in [0.3, 0.4) is 0 Å². The summed E-state index contributed by atoms with van der Waals surface area (Å²) in [5, 5.41) is 0. The number of rotatable bonds is 1. The summed E-state index contributed by atoms with van der Waals surface area (Å²) >= 11 is 0. The molecule has 3 atom stereocenters. The van der Waals surface area contributed by atoms with Gasteiger partial charge < -0.3 is 59.7 Å². The van der Waals surface area contributed by atoms with Crippen molar-refractivity contribution in [1.29, 1.82) is 0 Å². The van der Waals surface area contributed by atoms with Crippen LogP contribution in [0.4, 0.5) is 0 Å². The number of hydrogen-bond donors (Lipinski definition) is 0. The number of nitrogens with zero attached hydrogens (tertiary/aromatic N) is 1. The molecule has 0 aromatic heterocycles. The number of ether oxygens (including phenoxy) is 3. The first-order valence-corrected chi connectivity index (χ1v) is 15.5. The Morgan fingerprint density at radius 2 is 1.42 bits per heavy atom. The van der Waals surface area contributed by atoms with E-state index in [4.69, 9.17) is 43.0 Å². The molecule has 0 N–H and O–H groups in total. The zero-order valence-corrected chi connectivity index (χ0v) is 33.1. The fraction of sp³-hybridized carbons (Fsp3) is 0.500. The first-order valence-electron chi connectivity index (χ1n) is 15.5. The second kappa shape index (κ2) is 38.0. The molecular formula is C38H51Co2NO12-8. The Morgan fingerprint density at radius 1 is 0.868 bits per heavy atom. The minimum absolute atomic E-state index is 0. The minimum atomic E-state index is -0.748. The Bertz CT molecular complexity index is 1120. The van der Waals surface area contributed by atoms with E-state index in [-0.39, 0.29) is 64.5 Å². The molecule has 1 fully saturated rings. The van der Waals surface area contributed by atoms with E-state index in [1.165, 1.54) is 7.11 Å². The first-order chi connectivity index (χ1) is 24.5. The van der Waals surface area contributed by atoms with Crippen molar-refractivity contribution in [3.63, 3.8) is 0 Å². The van der Waals surface area contributed by atoms with Gasteiger partial charge in [-0.1, -0.05) is 39.5 Å². The number of esters is 2. The van der Waals surface area contributed by atoms with Crippen molar-refractivity contribution in [2.45, 2.75) is 85.3 Å². The van der Waals surface area contributed by atoms with Gasteiger partial charge in [-0.3, -0.25) is 50.3 Å². The quantitative estimate of drug-likeness (QED) is 0.226. The van der Waals surface area contributed by atoms with Crippen molar-refractivity contribution < 1.29 is 90.9 Å². The maximum absolute atomic E-state index is 13.8. The number of carbonyl (C=O) groups is 3. The summed E-state index contributed by atoms with van der Waals surface area (Å²) in [6.07, 6.45) is 8.06. The van der Waals surface area contributed by atoms with Gasteiger partial charge in [0.15, 0.2) is 0 Å². The van der Waals surface area contributed by atoms with E-state index < -0.39 is 23.3 Å². The summed E-state index contributed by atoms with van der Waals surface area (Å²) in [7, 11) is 1.33. The van der Waals surface area contributed by atoms with E-state index in [1.807, 2.05) is 32.9 Å². The molecule has 2 bridgehead atoms. The number of hydrogen-bond acceptors (Lipinski definition) is 12. The molecule has 0 aliphatic carbocycles. The summed E-state index contributed by atoms with van der Waals surface area (Å²) in [5.41, 5.74) is 1.82. The average Bonchev–Trinajstić information content (AvgIpc) is 3.61. The molecule has 53 heavy (non-hydrogen) atoms. The number of cyclic esters (lactones) is 1. The van der Waals surface area contributed by atoms with Crippen molar-refractivity contribution in [2.75, 3.05) is 26.9 Å². The first kappa shape index (κ1) is 61.3. The number of carbonyl (C=O) groups excluding carboxylic acids is 9. The van der Waals surface area contributed by atoms with Crippen LogP contribution in [0.25, 0.3) is 6.08 Å². The van der Waals surface area contributed by atoms with Crippen LogP contribution < -0.4 is 0 Å². The molecule has 0 unspecified atom stereocenters. The van der Waals surface area contributed by atoms with Crippen molar-refractivity contribution in [3.8, 4) is 0 Å². The molecule has 1 aromatic carbocycles. The number of benzene rings is 1. The molecule has 1 saturated heterocycles. The van der Waals surface area contributed by atoms with Crippen LogP contribution in [0, 0.1) is 23.2 Å². The number of fused-ring (bicyclic) bond motifs is 3. The van der Waals surface area contributed by atoms with Crippen LogP contribution in [-0.4, -0.2) is 102 Å². The molecule has 15 heteroatoms. The normalized spacial score (nSPS) is 19.5. The topological polar surface area (TPSA) is 185 Å². The van der Waals surface area contributed by atoms with Crippen molar-refractivity contribution in [3.05, 3.63) is 53.3 Å². The third-order valence-corrected chi connectivity index (χ3v) is 7.85. The molecular weight excluding hydrogens is 780 g/mol. The van der Waals surface area contributed by atoms with Crippen LogP contribution >= 0.6 is 0 Å². The number of methoxy groups -OCH3 is 1. The summed E-state index contributed by atoms with van der Waals surface area (Å²) < 4.78 is 16.8. The molecule has 3 rings (SSSR count). The van der Waals surface area contributed by atoms with E-state index in [0.717, 1.165) is 48.6 Å². The minimum Gasteiger partial charge on any atom is -0.545 e. The number of allylic oxidation sites excluding steroid dienone is 1. The molecule has 0 spiro atoms. The average molecular weight is 832 g/mol. The molecule has 0 saturated carbocycles. The molecule has 2 aliphatic heterocycles. The Kier molecular flexibility index (Phi) is 43.9. The molecule has 2 radical (unpaired) electrons. The largest absolute Gasteiger partial charge is 0.545 e. The van der Waals surface area contributed by atoms with E-state index in [1.54, 1.807) is 4.90 Å². The summed E-state index contributed by atoms with van der Waals surface area (Å²) in [4.78, 5) is 87.3. The summed E-state index contributed by atoms with van der Waals surface area (Å²) in [6.45, 7) is 30.5. The van der Waals surface area contributed by atoms with E-state index in [0.29, 0.717) is 19.6 Å². The van der Waals surface area contributed by atoms with Gasteiger partial charge in [0, 0.05) is 46.5 Å². The zero-order chi connectivity index (χ0) is 40.6. The van der Waals surface area contributed by atoms with Gasteiger partial charge >= 0.3 is 11.9 Å². The molecule has 13 nitrogen and oxygen atoms in total. The van der Waals surface area contributed by atoms with Gasteiger partial charge in [0.25, 0.3) is 0 Å². The van der Waals surface area contributed by atoms with Gasteiger partial charge in [0.1, 0.15) is 6.04 Å². The Labute approximate surface area is 336 Å². The fourth-order valence-electron chi connectivity index (χ4n) is 5.21. The number of amides is 1. The summed E-state index contributed by atoms with van der Waals surface area (Å²) in [6, 6.07) is 7.58. The Morgan fingerprint density at radius 3 is 1.94 bits per heavy atom. The van der Waals surface area contributed by atoms with Crippen LogP contribution in [-0.2, 0) is 90.9 Å². The third kappa shape index (κ3) is 22.8. The molecule has 2 aliphatic rings. The SMILES string of the molecule is COC(=O)[C@@H]1C[C@@H]2CN1C(=O)[C@H](C(C)(C)C)CC(=O)OCCCCC/C=C/c1ccccc1[C-](C)[C-](C)CO2.[CH-]=O.[CH-]=O.[CH-]=O.[CH-]=O.[CH-]=O.[CH-]=O.[Co].[Co]. The van der Waals surface area contributed by atoms with Crippen molar-refractivity contribution in [1.82, 2.24) is 4.90 Å². The monoisotopic (exact) mass is 831 g/mol. The maximum atomic E-state index is 13.8. The predicted octanol–water partition coefficient (Wildman–Crippen LogP) is 3.92. The molecule has 1 aromatic rings. The standard InChI is InChI=1S/C32H45NO6.6CHO.2Co/c1-22-21-39-25-18-28(31(36)37-6)33(20-25)30(35)27(32(3,4)5)19-29(34)38-17-13-9-7-8-10-14-24-15-11-12-16-26(24)23(22)2;6*1-2;;/h10-12,14-16,25,27-28H,7-9,13,17-21H2,1-6H3;6*1H;;/q-2;6*-1;;/b14-10+;;;;;;;;/t25-,27-,28+;;;;;;;;/m1......../s1. The van der Waals surface area contributed by atoms with Gasteiger partial charge in [0.2, 0.25) is 5.91 Å². The zero-order valence-electron chi connectivity index (χ0n) is 31.0. The van der Waals surface area contributed by atoms with Crippen LogP contribution in [0.2, 0.25) is 0 Å².